The summed E-state index contributed by atoms with van der Waals surface area (Å²) < 4.78 is 0. The number of rotatable bonds is 4. The van der Waals surface area contributed by atoms with E-state index in [1.807, 2.05) is 6.07 Å². The number of aryl methyl sites for hydroxylation is 1. The zero-order valence-corrected chi connectivity index (χ0v) is 8.29. The van der Waals surface area contributed by atoms with Crippen molar-refractivity contribution in [1.82, 2.24) is 0 Å². The van der Waals surface area contributed by atoms with Crippen molar-refractivity contribution in [2.45, 2.75) is 26.2 Å². The van der Waals surface area contributed by atoms with Crippen LogP contribution in [0.15, 0.2) is 18.2 Å². The molecule has 0 heterocycles. The predicted octanol–water partition coefficient (Wildman–Crippen LogP) is 2.31. The molecule has 14 heavy (non-hydrogen) atoms. The molecule has 0 fully saturated rings. The van der Waals surface area contributed by atoms with Crippen LogP contribution in [0.2, 0.25) is 0 Å². The largest absolute Gasteiger partial charge is 0.478 e. The van der Waals surface area contributed by atoms with E-state index in [-0.39, 0.29) is 5.56 Å². The molecule has 0 unspecified atom stereocenters. The van der Waals surface area contributed by atoms with Gasteiger partial charge in [0.1, 0.15) is 0 Å². The van der Waals surface area contributed by atoms with Crippen molar-refractivity contribution >= 4 is 11.7 Å². The maximum Gasteiger partial charge on any atom is 0.337 e. The van der Waals surface area contributed by atoms with E-state index in [9.17, 15) is 4.79 Å². The Morgan fingerprint density at radius 2 is 2.21 bits per heavy atom. The fraction of sp³-hybridized carbons (Fsp3) is 0.364. The second-order valence-electron chi connectivity index (χ2n) is 3.33. The van der Waals surface area contributed by atoms with Gasteiger partial charge in [0.05, 0.1) is 5.56 Å². The summed E-state index contributed by atoms with van der Waals surface area (Å²) in [6.45, 7) is 2.11. The first-order valence-electron chi connectivity index (χ1n) is 4.77. The first-order chi connectivity index (χ1) is 6.65. The molecule has 1 rings (SSSR count). The van der Waals surface area contributed by atoms with Crippen LogP contribution < -0.4 is 5.73 Å². The molecule has 0 aromatic heterocycles. The van der Waals surface area contributed by atoms with Crippen LogP contribution in [0, 0.1) is 0 Å². The Morgan fingerprint density at radius 3 is 2.79 bits per heavy atom. The molecule has 3 heteroatoms. The van der Waals surface area contributed by atoms with Gasteiger partial charge in [-0.3, -0.25) is 0 Å². The molecule has 0 aliphatic carbocycles. The molecule has 3 N–H and O–H groups in total. The fourth-order valence-electron chi connectivity index (χ4n) is 1.33. The van der Waals surface area contributed by atoms with E-state index in [0.717, 1.165) is 24.8 Å². The number of anilines is 1. The lowest BCUT2D eigenvalue weighted by Crippen LogP contribution is -2.03. The van der Waals surface area contributed by atoms with Crippen molar-refractivity contribution in [3.8, 4) is 0 Å². The Labute approximate surface area is 83.6 Å². The minimum Gasteiger partial charge on any atom is -0.478 e. The summed E-state index contributed by atoms with van der Waals surface area (Å²) in [5, 5.41) is 8.84. The molecule has 0 saturated heterocycles. The van der Waals surface area contributed by atoms with Crippen LogP contribution >= 0.6 is 0 Å². The molecule has 0 bridgehead atoms. The van der Waals surface area contributed by atoms with Gasteiger partial charge >= 0.3 is 5.97 Å². The second-order valence-corrected chi connectivity index (χ2v) is 3.33. The van der Waals surface area contributed by atoms with E-state index in [0.29, 0.717) is 5.69 Å². The third-order valence-electron chi connectivity index (χ3n) is 2.17. The number of benzene rings is 1. The lowest BCUT2D eigenvalue weighted by molar-refractivity contribution is 0.0698. The van der Waals surface area contributed by atoms with Crippen LogP contribution in [-0.4, -0.2) is 11.1 Å². The van der Waals surface area contributed by atoms with E-state index >= 15 is 0 Å². The lowest BCUT2D eigenvalue weighted by atomic mass is 10.0. The number of nitrogens with two attached hydrogens (primary N) is 1. The number of aromatic carboxylic acids is 1. The van der Waals surface area contributed by atoms with Gasteiger partial charge in [-0.15, -0.1) is 0 Å². The summed E-state index contributed by atoms with van der Waals surface area (Å²) in [7, 11) is 0. The monoisotopic (exact) mass is 193 g/mol. The summed E-state index contributed by atoms with van der Waals surface area (Å²) in [6, 6.07) is 5.21. The first-order valence-corrected chi connectivity index (χ1v) is 4.77. The van der Waals surface area contributed by atoms with Crippen molar-refractivity contribution in [2.24, 2.45) is 0 Å². The molecular weight excluding hydrogens is 178 g/mol. The molecule has 0 spiro atoms. The Balaban J connectivity index is 2.89. The standard InChI is InChI=1S/C11H15NO2/c1-2-3-4-8-5-6-10(12)9(7-8)11(13)14/h5-7H,2-4,12H2,1H3,(H,13,14). The molecule has 0 saturated carbocycles. The molecule has 1 aromatic rings. The third-order valence-corrected chi connectivity index (χ3v) is 2.17. The number of hydrogen-bond acceptors (Lipinski definition) is 2. The minimum absolute atomic E-state index is 0.207. The van der Waals surface area contributed by atoms with Crippen molar-refractivity contribution in [1.29, 1.82) is 0 Å². The number of nitrogen functional groups attached to an aromatic ring is 1. The number of carbonyl (C=O) groups is 1. The number of carboxylic acids is 1. The van der Waals surface area contributed by atoms with E-state index in [1.54, 1.807) is 12.1 Å². The molecule has 0 radical (unpaired) electrons. The summed E-state index contributed by atoms with van der Waals surface area (Å²) >= 11 is 0. The maximum atomic E-state index is 10.8. The zero-order chi connectivity index (χ0) is 10.6. The quantitative estimate of drug-likeness (QED) is 0.721. The zero-order valence-electron chi connectivity index (χ0n) is 8.29. The van der Waals surface area contributed by atoms with Crippen LogP contribution in [0.4, 0.5) is 5.69 Å². The molecule has 0 aliphatic heterocycles. The highest BCUT2D eigenvalue weighted by atomic mass is 16.4. The molecule has 0 amide bonds. The van der Waals surface area contributed by atoms with Crippen LogP contribution in [0.3, 0.4) is 0 Å². The number of unbranched alkanes of at least 4 members (excludes halogenated alkanes) is 1. The highest BCUT2D eigenvalue weighted by Gasteiger charge is 2.07. The normalized spacial score (nSPS) is 10.1. The van der Waals surface area contributed by atoms with Crippen molar-refractivity contribution < 1.29 is 9.90 Å². The average molecular weight is 193 g/mol. The molecule has 0 atom stereocenters. The predicted molar refractivity (Wildman–Crippen MR) is 56.4 cm³/mol. The van der Waals surface area contributed by atoms with Gasteiger partial charge < -0.3 is 10.8 Å². The summed E-state index contributed by atoms with van der Waals surface area (Å²) in [4.78, 5) is 10.8. The minimum atomic E-state index is -0.958. The van der Waals surface area contributed by atoms with Gasteiger partial charge in [0, 0.05) is 5.69 Å². The molecule has 1 aromatic carbocycles. The summed E-state index contributed by atoms with van der Waals surface area (Å²) in [5.41, 5.74) is 7.12. The third kappa shape index (κ3) is 2.49. The Bertz CT molecular complexity index is 334. The van der Waals surface area contributed by atoms with Crippen molar-refractivity contribution in [3.05, 3.63) is 29.3 Å². The maximum absolute atomic E-state index is 10.8. The first kappa shape index (κ1) is 10.6. The van der Waals surface area contributed by atoms with Gasteiger partial charge in [-0.2, -0.15) is 0 Å². The Hall–Kier alpha value is -1.51. The van der Waals surface area contributed by atoms with Gasteiger partial charge in [0.2, 0.25) is 0 Å². The second kappa shape index (κ2) is 4.65. The van der Waals surface area contributed by atoms with E-state index in [2.05, 4.69) is 6.92 Å². The number of carboxylic acid groups (broad SMARTS) is 1. The van der Waals surface area contributed by atoms with Gasteiger partial charge in [0.25, 0.3) is 0 Å². The topological polar surface area (TPSA) is 63.3 Å². The van der Waals surface area contributed by atoms with Crippen molar-refractivity contribution in [3.63, 3.8) is 0 Å². The summed E-state index contributed by atoms with van der Waals surface area (Å²) in [5.74, 6) is -0.958. The highest BCUT2D eigenvalue weighted by molar-refractivity contribution is 5.93. The highest BCUT2D eigenvalue weighted by Crippen LogP contribution is 2.15. The smallest absolute Gasteiger partial charge is 0.337 e. The Morgan fingerprint density at radius 1 is 1.50 bits per heavy atom. The van der Waals surface area contributed by atoms with E-state index < -0.39 is 5.97 Å². The van der Waals surface area contributed by atoms with Gasteiger partial charge in [-0.05, 0) is 30.5 Å². The number of hydrogen-bond donors (Lipinski definition) is 2. The van der Waals surface area contributed by atoms with E-state index in [1.165, 1.54) is 0 Å². The molecule has 76 valence electrons. The van der Waals surface area contributed by atoms with Crippen LogP contribution in [0.1, 0.15) is 35.7 Å². The van der Waals surface area contributed by atoms with Gasteiger partial charge in [-0.1, -0.05) is 19.4 Å². The van der Waals surface area contributed by atoms with Crippen LogP contribution in [-0.2, 0) is 6.42 Å². The molecular formula is C11H15NO2. The van der Waals surface area contributed by atoms with Crippen LogP contribution in [0.5, 0.6) is 0 Å². The average Bonchev–Trinajstić information content (AvgIpc) is 2.16. The van der Waals surface area contributed by atoms with Gasteiger partial charge in [0.15, 0.2) is 0 Å². The van der Waals surface area contributed by atoms with Crippen LogP contribution in [0.25, 0.3) is 0 Å². The van der Waals surface area contributed by atoms with E-state index in [4.69, 9.17) is 10.8 Å². The Kier molecular flexibility index (Phi) is 3.51. The SMILES string of the molecule is CCCCc1ccc(N)c(C(=O)O)c1. The summed E-state index contributed by atoms with van der Waals surface area (Å²) in [6.07, 6.45) is 3.09. The molecule has 3 nitrogen and oxygen atoms in total. The lowest BCUT2D eigenvalue weighted by Gasteiger charge is -2.04. The van der Waals surface area contributed by atoms with Crippen molar-refractivity contribution in [2.75, 3.05) is 5.73 Å². The van der Waals surface area contributed by atoms with Gasteiger partial charge in [-0.25, -0.2) is 4.79 Å². The fourth-order valence-corrected chi connectivity index (χ4v) is 1.33. The molecule has 0 aliphatic rings.